The van der Waals surface area contributed by atoms with Crippen LogP contribution in [-0.2, 0) is 29.6 Å². The third kappa shape index (κ3) is 3.83. The van der Waals surface area contributed by atoms with Crippen molar-refractivity contribution in [1.29, 1.82) is 0 Å². The molecule has 7 nitrogen and oxygen atoms in total. The predicted octanol–water partition coefficient (Wildman–Crippen LogP) is 1.94. The van der Waals surface area contributed by atoms with Crippen molar-refractivity contribution >= 4 is 5.91 Å². The van der Waals surface area contributed by atoms with Crippen molar-refractivity contribution in [2.75, 3.05) is 0 Å². The third-order valence-electron chi connectivity index (χ3n) is 4.18. The second kappa shape index (κ2) is 6.37. The Morgan fingerprint density at radius 2 is 2.21 bits per heavy atom. The number of rotatable bonds is 4. The number of carbonyl (C=O) groups is 1. The maximum absolute atomic E-state index is 12.2. The minimum absolute atomic E-state index is 0.0239. The van der Waals surface area contributed by atoms with Crippen LogP contribution in [0.5, 0.6) is 0 Å². The summed E-state index contributed by atoms with van der Waals surface area (Å²) >= 11 is 0. The number of aromatic nitrogens is 4. The average Bonchev–Trinajstić information content (AvgIpc) is 3.09. The van der Waals surface area contributed by atoms with Gasteiger partial charge < -0.3 is 14.4 Å². The largest absolute Gasteiger partial charge is 0.352 e. The number of imidazole rings is 1. The normalized spacial score (nSPS) is 17.6. The maximum Gasteiger partial charge on any atom is 0.227 e. The van der Waals surface area contributed by atoms with E-state index in [-0.39, 0.29) is 17.4 Å². The van der Waals surface area contributed by atoms with Gasteiger partial charge in [0.1, 0.15) is 5.82 Å². The summed E-state index contributed by atoms with van der Waals surface area (Å²) in [5.74, 6) is 2.33. The van der Waals surface area contributed by atoms with Gasteiger partial charge in [-0.15, -0.1) is 0 Å². The molecule has 0 fully saturated rings. The van der Waals surface area contributed by atoms with Gasteiger partial charge in [-0.2, -0.15) is 4.98 Å². The van der Waals surface area contributed by atoms with Gasteiger partial charge >= 0.3 is 0 Å². The highest BCUT2D eigenvalue weighted by atomic mass is 16.5. The molecule has 1 aliphatic heterocycles. The number of amides is 1. The molecule has 0 radical (unpaired) electrons. The fraction of sp³-hybridized carbons (Fsp3) is 0.647. The first-order chi connectivity index (χ1) is 11.3. The average molecular weight is 331 g/mol. The summed E-state index contributed by atoms with van der Waals surface area (Å²) in [5, 5.41) is 7.08. The Hall–Kier alpha value is -2.18. The summed E-state index contributed by atoms with van der Waals surface area (Å²) in [6.07, 6.45) is 4.70. The molecule has 7 heteroatoms. The number of aryl methyl sites for hydroxylation is 3. The number of hydrogen-bond donors (Lipinski definition) is 1. The Bertz CT molecular complexity index is 726. The molecule has 1 aliphatic rings. The predicted molar refractivity (Wildman–Crippen MR) is 88.5 cm³/mol. The minimum Gasteiger partial charge on any atom is -0.352 e. The molecule has 3 heterocycles. The lowest BCUT2D eigenvalue weighted by molar-refractivity contribution is -0.122. The summed E-state index contributed by atoms with van der Waals surface area (Å²) < 4.78 is 7.36. The van der Waals surface area contributed by atoms with Crippen molar-refractivity contribution in [1.82, 2.24) is 25.0 Å². The second-order valence-electron chi connectivity index (χ2n) is 7.52. The molecule has 1 amide bonds. The lowest BCUT2D eigenvalue weighted by Crippen LogP contribution is -2.41. The molecule has 0 bridgehead atoms. The topological polar surface area (TPSA) is 85.8 Å². The van der Waals surface area contributed by atoms with Crippen molar-refractivity contribution < 1.29 is 9.32 Å². The van der Waals surface area contributed by atoms with Gasteiger partial charge in [0, 0.05) is 43.5 Å². The lowest BCUT2D eigenvalue weighted by Gasteiger charge is -2.24. The summed E-state index contributed by atoms with van der Waals surface area (Å²) in [6, 6.07) is 0.159. The van der Waals surface area contributed by atoms with Crippen LogP contribution in [0.2, 0.25) is 0 Å². The molecular formula is C17H25N5O2. The van der Waals surface area contributed by atoms with E-state index in [1.165, 1.54) is 0 Å². The zero-order valence-electron chi connectivity index (χ0n) is 14.8. The lowest BCUT2D eigenvalue weighted by atomic mass is 9.96. The number of carbonyl (C=O) groups excluding carboxylic acids is 1. The molecule has 0 unspecified atom stereocenters. The van der Waals surface area contributed by atoms with Crippen molar-refractivity contribution in [3.63, 3.8) is 0 Å². The van der Waals surface area contributed by atoms with Crippen LogP contribution in [0.4, 0.5) is 0 Å². The molecule has 0 aliphatic carbocycles. The van der Waals surface area contributed by atoms with Crippen molar-refractivity contribution in [3.8, 4) is 0 Å². The Kier molecular flexibility index (Phi) is 4.43. The Morgan fingerprint density at radius 3 is 2.92 bits per heavy atom. The monoisotopic (exact) mass is 331 g/mol. The van der Waals surface area contributed by atoms with Gasteiger partial charge in [0.05, 0.1) is 5.69 Å². The van der Waals surface area contributed by atoms with Crippen molar-refractivity contribution in [2.24, 2.45) is 0 Å². The molecular weight excluding hydrogens is 306 g/mol. The highest BCUT2D eigenvalue weighted by molar-refractivity contribution is 5.76. The zero-order chi connectivity index (χ0) is 17.3. The summed E-state index contributed by atoms with van der Waals surface area (Å²) in [4.78, 5) is 21.0. The van der Waals surface area contributed by atoms with E-state index in [0.29, 0.717) is 24.6 Å². The Morgan fingerprint density at radius 1 is 1.42 bits per heavy atom. The van der Waals surface area contributed by atoms with Gasteiger partial charge in [0.15, 0.2) is 5.82 Å². The van der Waals surface area contributed by atoms with Crippen LogP contribution in [0.25, 0.3) is 0 Å². The van der Waals surface area contributed by atoms with E-state index in [1.54, 1.807) is 0 Å². The summed E-state index contributed by atoms with van der Waals surface area (Å²) in [6.45, 7) is 8.88. The molecule has 1 atom stereocenters. The van der Waals surface area contributed by atoms with Gasteiger partial charge in [0.25, 0.3) is 0 Å². The highest BCUT2D eigenvalue weighted by Crippen LogP contribution is 2.19. The molecule has 0 spiro atoms. The van der Waals surface area contributed by atoms with Crippen LogP contribution in [0.15, 0.2) is 10.7 Å². The fourth-order valence-electron chi connectivity index (χ4n) is 2.89. The molecule has 0 aromatic carbocycles. The van der Waals surface area contributed by atoms with Crippen LogP contribution >= 0.6 is 0 Å². The van der Waals surface area contributed by atoms with Crippen LogP contribution < -0.4 is 5.32 Å². The number of hydrogen-bond acceptors (Lipinski definition) is 5. The van der Waals surface area contributed by atoms with E-state index >= 15 is 0 Å². The zero-order valence-corrected chi connectivity index (χ0v) is 14.8. The molecule has 1 N–H and O–H groups in total. The Labute approximate surface area is 141 Å². The third-order valence-corrected chi connectivity index (χ3v) is 4.18. The van der Waals surface area contributed by atoms with Crippen LogP contribution in [-0.4, -0.2) is 31.6 Å². The number of fused-ring (bicyclic) bond motifs is 1. The van der Waals surface area contributed by atoms with Gasteiger partial charge in [0.2, 0.25) is 11.8 Å². The van der Waals surface area contributed by atoms with E-state index in [1.807, 2.05) is 33.9 Å². The second-order valence-corrected chi connectivity index (χ2v) is 7.52. The first-order valence-corrected chi connectivity index (χ1v) is 8.46. The number of nitrogens with one attached hydrogen (secondary N) is 1. The van der Waals surface area contributed by atoms with Crippen molar-refractivity contribution in [3.05, 3.63) is 29.4 Å². The molecule has 2 aromatic rings. The SMILES string of the molecule is Cc1cn2c(n1)CC[C@H](NC(=O)CCc1nc(C(C)(C)C)no1)C2. The van der Waals surface area contributed by atoms with Gasteiger partial charge in [-0.05, 0) is 13.3 Å². The number of nitrogens with zero attached hydrogens (tertiary/aromatic N) is 4. The minimum atomic E-state index is -0.146. The van der Waals surface area contributed by atoms with Crippen LogP contribution in [0, 0.1) is 6.92 Å². The Balaban J connectivity index is 1.49. The fourth-order valence-corrected chi connectivity index (χ4v) is 2.89. The first-order valence-electron chi connectivity index (χ1n) is 8.46. The van der Waals surface area contributed by atoms with E-state index in [2.05, 4.69) is 25.0 Å². The summed E-state index contributed by atoms with van der Waals surface area (Å²) in [7, 11) is 0. The van der Waals surface area contributed by atoms with E-state index in [0.717, 1.165) is 30.9 Å². The molecule has 24 heavy (non-hydrogen) atoms. The molecule has 2 aromatic heterocycles. The standard InChI is InChI=1S/C17H25N5O2/c1-11-9-22-10-12(5-6-13(22)18-11)19-14(23)7-8-15-20-16(21-24-15)17(2,3)4/h9,12H,5-8,10H2,1-4H3,(H,19,23)/t12-/m0/s1. The van der Waals surface area contributed by atoms with E-state index in [9.17, 15) is 4.79 Å². The van der Waals surface area contributed by atoms with Gasteiger partial charge in [-0.25, -0.2) is 4.98 Å². The van der Waals surface area contributed by atoms with Gasteiger partial charge in [-0.1, -0.05) is 25.9 Å². The molecule has 0 saturated heterocycles. The maximum atomic E-state index is 12.2. The van der Waals surface area contributed by atoms with Crippen molar-refractivity contribution in [2.45, 2.75) is 71.4 Å². The van der Waals surface area contributed by atoms with Gasteiger partial charge in [-0.3, -0.25) is 4.79 Å². The van der Waals surface area contributed by atoms with E-state index < -0.39 is 0 Å². The summed E-state index contributed by atoms with van der Waals surface area (Å²) in [5.41, 5.74) is 0.884. The highest BCUT2D eigenvalue weighted by Gasteiger charge is 2.23. The van der Waals surface area contributed by atoms with E-state index in [4.69, 9.17) is 4.52 Å². The quantitative estimate of drug-likeness (QED) is 0.925. The smallest absolute Gasteiger partial charge is 0.227 e. The molecule has 130 valence electrons. The van der Waals surface area contributed by atoms with Crippen LogP contribution in [0.1, 0.15) is 56.8 Å². The molecule has 0 saturated carbocycles. The van der Waals surface area contributed by atoms with Crippen LogP contribution in [0.3, 0.4) is 0 Å². The molecule has 3 rings (SSSR count). The first kappa shape index (κ1) is 16.7.